The maximum Gasteiger partial charge on any atom is 0.305 e. The first kappa shape index (κ1) is 72.9. The minimum atomic E-state index is -0.775. The van der Waals surface area contributed by atoms with Crippen molar-refractivity contribution < 1.29 is 53.3 Å². The second kappa shape index (κ2) is 58.5. The van der Waals surface area contributed by atoms with E-state index < -0.39 is 6.29 Å². The highest BCUT2D eigenvalue weighted by Crippen LogP contribution is 2.18. The van der Waals surface area contributed by atoms with Gasteiger partial charge in [-0.25, -0.2) is 0 Å². The van der Waals surface area contributed by atoms with Crippen LogP contribution in [0.1, 0.15) is 274 Å². The summed E-state index contributed by atoms with van der Waals surface area (Å²) in [5, 5.41) is 12.7. The number of unbranched alkanes of at least 4 members (excludes halogenated alkanes) is 21. The molecule has 1 fully saturated rings. The number of esters is 2. The van der Waals surface area contributed by atoms with Crippen molar-refractivity contribution in [3.8, 4) is 0 Å². The fourth-order valence-corrected chi connectivity index (χ4v) is 7.86. The number of carbonyl (C=O) groups excluding carboxylic acids is 4. The van der Waals surface area contributed by atoms with E-state index in [4.69, 9.17) is 23.7 Å². The Labute approximate surface area is 438 Å². The van der Waals surface area contributed by atoms with Crippen LogP contribution in [0.4, 0.5) is 0 Å². The zero-order valence-electron chi connectivity index (χ0n) is 48.2. The quantitative estimate of drug-likeness (QED) is 0.0198. The monoisotopic (exact) mass is 1010 g/mol. The van der Waals surface area contributed by atoms with Gasteiger partial charge in [-0.1, -0.05) is 190 Å². The van der Waals surface area contributed by atoms with Crippen molar-refractivity contribution in [1.82, 2.24) is 0 Å². The molecule has 11 heteroatoms. The molecule has 11 nitrogen and oxygen atoms in total. The molecule has 0 amide bonds. The highest BCUT2D eigenvalue weighted by Gasteiger charge is 2.20. The number of aliphatic hydroxyl groups is 1. The molecule has 0 aromatic carbocycles. The molecule has 0 aromatic rings. The number of hydrogen-bond donors (Lipinski definition) is 2. The number of rotatable bonds is 45. The van der Waals surface area contributed by atoms with Crippen molar-refractivity contribution in [2.45, 2.75) is 286 Å². The number of Topliss-reactive ketones (excluding diaryl/α,β-unsaturated/α-hetero) is 1. The van der Waals surface area contributed by atoms with E-state index in [-0.39, 0.29) is 42.8 Å². The van der Waals surface area contributed by atoms with Crippen LogP contribution in [-0.4, -0.2) is 88.1 Å². The lowest BCUT2D eigenvalue weighted by Crippen LogP contribution is -2.92. The van der Waals surface area contributed by atoms with Crippen LogP contribution in [0.5, 0.6) is 0 Å². The SMILES string of the molecule is C=C(CC(COC(=O)CCCCCCCC)COC(O)CCCCCCCC)OCC1CCCC[NH2+]1.CCC(C)C.CCCCCCCCC(=O)OCC(COC)CC(C)=O.CCCCCCCCC=O. The van der Waals surface area contributed by atoms with Gasteiger partial charge in [-0.2, -0.15) is 0 Å². The van der Waals surface area contributed by atoms with E-state index >= 15 is 0 Å². The Morgan fingerprint density at radius 3 is 1.49 bits per heavy atom. The summed E-state index contributed by atoms with van der Waals surface area (Å²) in [6, 6.07) is 0.500. The third-order valence-corrected chi connectivity index (χ3v) is 12.8. The van der Waals surface area contributed by atoms with Gasteiger partial charge in [-0.3, -0.25) is 9.59 Å². The largest absolute Gasteiger partial charge is 0.492 e. The van der Waals surface area contributed by atoms with E-state index in [0.29, 0.717) is 63.7 Å². The van der Waals surface area contributed by atoms with Crippen molar-refractivity contribution in [2.24, 2.45) is 17.8 Å². The number of methoxy groups -OCH3 is 1. The van der Waals surface area contributed by atoms with Crippen molar-refractivity contribution in [1.29, 1.82) is 0 Å². The number of carbonyl (C=O) groups is 4. The van der Waals surface area contributed by atoms with Crippen LogP contribution in [-0.2, 0) is 42.9 Å². The third-order valence-electron chi connectivity index (χ3n) is 12.8. The predicted molar refractivity (Wildman–Crippen MR) is 295 cm³/mol. The summed E-state index contributed by atoms with van der Waals surface area (Å²) >= 11 is 0. The lowest BCUT2D eigenvalue weighted by atomic mass is 10.1. The van der Waals surface area contributed by atoms with Gasteiger partial charge in [-0.15, -0.1) is 0 Å². The van der Waals surface area contributed by atoms with E-state index in [9.17, 15) is 24.3 Å². The van der Waals surface area contributed by atoms with E-state index in [1.54, 1.807) is 14.0 Å². The van der Waals surface area contributed by atoms with Gasteiger partial charge in [-0.05, 0) is 57.8 Å². The molecule has 0 spiro atoms. The zero-order chi connectivity index (χ0) is 53.4. The van der Waals surface area contributed by atoms with Crippen LogP contribution in [0.3, 0.4) is 0 Å². The number of ether oxygens (including phenoxy) is 5. The molecular formula is C60H118NO10+. The maximum atomic E-state index is 12.3. The average Bonchev–Trinajstić information content (AvgIpc) is 3.36. The number of aliphatic hydroxyl groups excluding tert-OH is 1. The van der Waals surface area contributed by atoms with Crippen molar-refractivity contribution in [3.05, 3.63) is 12.3 Å². The Bertz CT molecular complexity index is 1160. The van der Waals surface area contributed by atoms with Gasteiger partial charge in [0.25, 0.3) is 0 Å². The Hall–Kier alpha value is -2.34. The van der Waals surface area contributed by atoms with Gasteiger partial charge < -0.3 is 43.7 Å². The molecule has 1 saturated heterocycles. The predicted octanol–water partition coefficient (Wildman–Crippen LogP) is 14.5. The number of piperidine rings is 1. The number of hydrogen-bond acceptors (Lipinski definition) is 10. The molecule has 1 heterocycles. The van der Waals surface area contributed by atoms with Crippen LogP contribution in [0.2, 0.25) is 0 Å². The zero-order valence-corrected chi connectivity index (χ0v) is 48.2. The van der Waals surface area contributed by atoms with Gasteiger partial charge in [0.1, 0.15) is 24.7 Å². The molecule has 1 rings (SSSR count). The Morgan fingerprint density at radius 2 is 1.07 bits per heavy atom. The van der Waals surface area contributed by atoms with Crippen molar-refractivity contribution in [3.63, 3.8) is 0 Å². The molecule has 1 aliphatic rings. The van der Waals surface area contributed by atoms with Gasteiger partial charge in [0.2, 0.25) is 0 Å². The molecule has 4 atom stereocenters. The molecular weight excluding hydrogens is 895 g/mol. The fraction of sp³-hybridized carbons (Fsp3) is 0.900. The minimum absolute atomic E-state index is 0.0222. The molecule has 3 N–H and O–H groups in total. The molecule has 71 heavy (non-hydrogen) atoms. The Balaban J connectivity index is -0.00000109. The normalized spacial score (nSPS) is 14.3. The molecule has 422 valence electrons. The molecule has 0 aliphatic carbocycles. The minimum Gasteiger partial charge on any atom is -0.492 e. The van der Waals surface area contributed by atoms with E-state index in [0.717, 1.165) is 63.6 Å². The van der Waals surface area contributed by atoms with Crippen molar-refractivity contribution in [2.75, 3.05) is 46.7 Å². The Morgan fingerprint density at radius 1 is 0.620 bits per heavy atom. The lowest BCUT2D eigenvalue weighted by molar-refractivity contribution is -0.698. The van der Waals surface area contributed by atoms with Gasteiger partial charge >= 0.3 is 11.9 Å². The van der Waals surface area contributed by atoms with Gasteiger partial charge in [0, 0.05) is 57.5 Å². The topological polar surface area (TPSA) is 151 Å². The summed E-state index contributed by atoms with van der Waals surface area (Å²) in [7, 11) is 1.59. The van der Waals surface area contributed by atoms with Crippen LogP contribution in [0.15, 0.2) is 12.3 Å². The first-order valence-electron chi connectivity index (χ1n) is 29.5. The fourth-order valence-electron chi connectivity index (χ4n) is 7.86. The highest BCUT2D eigenvalue weighted by atomic mass is 16.6. The van der Waals surface area contributed by atoms with Crippen LogP contribution >= 0.6 is 0 Å². The van der Waals surface area contributed by atoms with Crippen LogP contribution in [0, 0.1) is 17.8 Å². The van der Waals surface area contributed by atoms with Crippen molar-refractivity contribution >= 4 is 24.0 Å². The number of quaternary nitrogens is 1. The van der Waals surface area contributed by atoms with Crippen LogP contribution < -0.4 is 5.32 Å². The number of nitrogens with two attached hydrogens (primary N) is 1. The first-order valence-corrected chi connectivity index (χ1v) is 29.5. The van der Waals surface area contributed by atoms with E-state index in [1.807, 2.05) is 0 Å². The smallest absolute Gasteiger partial charge is 0.305 e. The second-order valence-corrected chi connectivity index (χ2v) is 20.7. The number of aldehydes is 1. The molecule has 0 aromatic heterocycles. The number of allylic oxidation sites excluding steroid dienone is 1. The molecule has 0 radical (unpaired) electrons. The highest BCUT2D eigenvalue weighted by molar-refractivity contribution is 5.75. The second-order valence-electron chi connectivity index (χ2n) is 20.7. The molecule has 1 aliphatic heterocycles. The maximum absolute atomic E-state index is 12.3. The third kappa shape index (κ3) is 60.1. The summed E-state index contributed by atoms with van der Waals surface area (Å²) in [5.41, 5.74) is 0. The summed E-state index contributed by atoms with van der Waals surface area (Å²) in [6.45, 7) is 24.3. The van der Waals surface area contributed by atoms with Gasteiger partial charge in [0.15, 0.2) is 6.29 Å². The molecule has 4 unspecified atom stereocenters. The molecule has 0 bridgehead atoms. The van der Waals surface area contributed by atoms with E-state index in [2.05, 4.69) is 60.4 Å². The summed E-state index contributed by atoms with van der Waals surface area (Å²) in [4.78, 5) is 44.8. The summed E-state index contributed by atoms with van der Waals surface area (Å²) < 4.78 is 27.6. The summed E-state index contributed by atoms with van der Waals surface area (Å²) in [6.07, 6.45) is 37.1. The standard InChI is InChI=1S/C30H57NO5.C16H30O4.C9H18O.C5H12/c1-4-6-8-10-12-14-19-29(32)35-23-27(22-26(3)34-25-28-18-16-17-21-31-28)24-36-30(33)20-15-13-11-9-7-5-2;1-4-5-6-7-8-9-10-16(18)20-13-15(12-19-3)11-14(2)17;1-2-3-4-5-6-7-8-9-10;1-4-5(2)3/h27-29,31-32H,3-25H2,1-2H3;15H,4-13H2,1-3H3;9H,2-8H2,1H3;5H,4H2,1-3H3/p+1. The van der Waals surface area contributed by atoms with E-state index in [1.165, 1.54) is 141 Å². The summed E-state index contributed by atoms with van der Waals surface area (Å²) in [5.74, 6) is 1.29. The lowest BCUT2D eigenvalue weighted by Gasteiger charge is -2.23. The molecule has 0 saturated carbocycles. The number of ketones is 1. The van der Waals surface area contributed by atoms with Gasteiger partial charge in [0.05, 0.1) is 38.7 Å². The average molecular weight is 1010 g/mol. The Kier molecular flexibility index (Phi) is 60.1. The first-order chi connectivity index (χ1) is 34.3. The van der Waals surface area contributed by atoms with Crippen LogP contribution in [0.25, 0.3) is 0 Å².